The number of unbranched alkanes of at least 4 members (excludes halogenated alkanes) is 2. The van der Waals surface area contributed by atoms with E-state index in [1.165, 1.54) is 19.2 Å². The number of Topliss-reactive ketones (excluding diaryl/α,β-unsaturated/α-hetero) is 1. The highest BCUT2D eigenvalue weighted by Gasteiger charge is 2.45. The number of carbonyl (C=O) groups is 2. The molecule has 1 amide bonds. The van der Waals surface area contributed by atoms with Gasteiger partial charge in [-0.15, -0.1) is 0 Å². The van der Waals surface area contributed by atoms with Crippen LogP contribution in [0.5, 0.6) is 5.75 Å². The second-order valence-electron chi connectivity index (χ2n) is 7.59. The molecule has 7 heteroatoms. The molecule has 2 aromatic rings. The first kappa shape index (κ1) is 23.2. The molecule has 0 spiro atoms. The van der Waals surface area contributed by atoms with Crippen molar-refractivity contribution in [3.63, 3.8) is 0 Å². The lowest BCUT2D eigenvalue weighted by Crippen LogP contribution is -2.30. The van der Waals surface area contributed by atoms with Crippen LogP contribution in [0.2, 0.25) is 10.0 Å². The molecule has 0 aromatic heterocycles. The number of halogens is 2. The number of methoxy groups -OCH3 is 1. The molecule has 0 saturated carbocycles. The minimum atomic E-state index is -0.719. The van der Waals surface area contributed by atoms with Crippen molar-refractivity contribution in [1.82, 2.24) is 4.90 Å². The number of carbonyl (C=O) groups excluding carboxylic acids is 2. The normalized spacial score (nSPS) is 18.0. The van der Waals surface area contributed by atoms with Crippen molar-refractivity contribution in [3.8, 4) is 5.75 Å². The summed E-state index contributed by atoms with van der Waals surface area (Å²) in [5, 5.41) is 11.5. The van der Waals surface area contributed by atoms with Crippen molar-refractivity contribution in [1.29, 1.82) is 0 Å². The standard InChI is InChI=1S/C24H25Cl2NO4/c1-4-5-6-10-27-20(15-9-7-8-14(2)11-15)19(22(29)24(27)30)21(28)16-12-17(25)23(31-3)18(26)13-16/h7-9,11-13,20,28H,4-6,10H2,1-3H3/b21-19+. The molecular formula is C24H25Cl2NO4. The highest BCUT2D eigenvalue weighted by Crippen LogP contribution is 2.42. The van der Waals surface area contributed by atoms with Crippen LogP contribution in [0.3, 0.4) is 0 Å². The van der Waals surface area contributed by atoms with Gasteiger partial charge in [-0.2, -0.15) is 0 Å². The molecule has 1 atom stereocenters. The van der Waals surface area contributed by atoms with E-state index in [4.69, 9.17) is 27.9 Å². The van der Waals surface area contributed by atoms with Crippen molar-refractivity contribution in [2.24, 2.45) is 0 Å². The third-order valence-corrected chi connectivity index (χ3v) is 5.94. The van der Waals surface area contributed by atoms with E-state index in [1.54, 1.807) is 4.90 Å². The monoisotopic (exact) mass is 461 g/mol. The first-order valence-electron chi connectivity index (χ1n) is 10.2. The summed E-state index contributed by atoms with van der Waals surface area (Å²) in [6, 6.07) is 9.85. The van der Waals surface area contributed by atoms with Crippen LogP contribution in [0.25, 0.3) is 5.76 Å². The summed E-state index contributed by atoms with van der Waals surface area (Å²) in [6.07, 6.45) is 2.70. The molecule has 2 aromatic carbocycles. The predicted molar refractivity (Wildman–Crippen MR) is 123 cm³/mol. The molecule has 0 radical (unpaired) electrons. The Labute approximate surface area is 192 Å². The summed E-state index contributed by atoms with van der Waals surface area (Å²) >= 11 is 12.5. The Balaban J connectivity index is 2.17. The fourth-order valence-electron chi connectivity index (χ4n) is 3.88. The summed E-state index contributed by atoms with van der Waals surface area (Å²) in [6.45, 7) is 4.44. The van der Waals surface area contributed by atoms with Gasteiger partial charge in [-0.1, -0.05) is 72.8 Å². The van der Waals surface area contributed by atoms with Gasteiger partial charge < -0.3 is 14.7 Å². The fourth-order valence-corrected chi connectivity index (χ4v) is 4.52. The average Bonchev–Trinajstić information content (AvgIpc) is 2.98. The van der Waals surface area contributed by atoms with Gasteiger partial charge in [0.15, 0.2) is 5.75 Å². The Morgan fingerprint density at radius 3 is 2.39 bits per heavy atom. The van der Waals surface area contributed by atoms with Crippen LogP contribution in [0.15, 0.2) is 42.0 Å². The smallest absolute Gasteiger partial charge is 0.295 e. The van der Waals surface area contributed by atoms with Gasteiger partial charge in [0.1, 0.15) is 5.76 Å². The van der Waals surface area contributed by atoms with Crippen LogP contribution in [-0.4, -0.2) is 35.4 Å². The number of hydrogen-bond donors (Lipinski definition) is 1. The molecule has 1 aliphatic heterocycles. The Morgan fingerprint density at radius 2 is 1.81 bits per heavy atom. The number of aliphatic hydroxyl groups is 1. The molecule has 1 heterocycles. The number of aryl methyl sites for hydroxylation is 1. The number of rotatable bonds is 7. The Hall–Kier alpha value is -2.50. The summed E-state index contributed by atoms with van der Waals surface area (Å²) in [5.74, 6) is -1.37. The van der Waals surface area contributed by atoms with E-state index in [0.717, 1.165) is 30.4 Å². The van der Waals surface area contributed by atoms with Crippen LogP contribution in [0, 0.1) is 6.92 Å². The number of likely N-dealkylation sites (tertiary alicyclic amines) is 1. The zero-order valence-electron chi connectivity index (χ0n) is 17.7. The van der Waals surface area contributed by atoms with E-state index < -0.39 is 17.7 Å². The minimum absolute atomic E-state index is 0.0319. The number of amides is 1. The quantitative estimate of drug-likeness (QED) is 0.240. The van der Waals surface area contributed by atoms with Crippen molar-refractivity contribution in [3.05, 3.63) is 68.7 Å². The fraction of sp³-hybridized carbons (Fsp3) is 0.333. The van der Waals surface area contributed by atoms with Gasteiger partial charge in [0, 0.05) is 12.1 Å². The van der Waals surface area contributed by atoms with Crippen LogP contribution in [-0.2, 0) is 9.59 Å². The number of benzene rings is 2. The van der Waals surface area contributed by atoms with Gasteiger partial charge in [0.25, 0.3) is 11.7 Å². The summed E-state index contributed by atoms with van der Waals surface area (Å²) in [7, 11) is 1.44. The van der Waals surface area contributed by atoms with Gasteiger partial charge >= 0.3 is 0 Å². The van der Waals surface area contributed by atoms with E-state index in [2.05, 4.69) is 6.92 Å². The maximum absolute atomic E-state index is 13.0. The van der Waals surface area contributed by atoms with E-state index in [-0.39, 0.29) is 32.7 Å². The third kappa shape index (κ3) is 4.58. The second kappa shape index (κ2) is 9.75. The van der Waals surface area contributed by atoms with Crippen LogP contribution >= 0.6 is 23.2 Å². The van der Waals surface area contributed by atoms with Crippen molar-refractivity contribution >= 4 is 40.7 Å². The van der Waals surface area contributed by atoms with E-state index in [9.17, 15) is 14.7 Å². The molecule has 1 saturated heterocycles. The molecule has 31 heavy (non-hydrogen) atoms. The molecule has 1 aliphatic rings. The van der Waals surface area contributed by atoms with Gasteiger partial charge in [-0.05, 0) is 31.0 Å². The number of aliphatic hydroxyl groups excluding tert-OH is 1. The summed E-state index contributed by atoms with van der Waals surface area (Å²) in [4.78, 5) is 27.5. The zero-order valence-corrected chi connectivity index (χ0v) is 19.3. The van der Waals surface area contributed by atoms with Crippen molar-refractivity contribution in [2.75, 3.05) is 13.7 Å². The molecule has 1 unspecified atom stereocenters. The largest absolute Gasteiger partial charge is 0.507 e. The number of ether oxygens (including phenoxy) is 1. The van der Waals surface area contributed by atoms with E-state index >= 15 is 0 Å². The van der Waals surface area contributed by atoms with E-state index in [0.29, 0.717) is 6.54 Å². The molecule has 3 rings (SSSR count). The predicted octanol–water partition coefficient (Wildman–Crippen LogP) is 5.92. The topological polar surface area (TPSA) is 66.8 Å². The van der Waals surface area contributed by atoms with Crippen LogP contribution in [0.4, 0.5) is 0 Å². The first-order valence-corrected chi connectivity index (χ1v) is 10.9. The lowest BCUT2D eigenvalue weighted by molar-refractivity contribution is -0.139. The highest BCUT2D eigenvalue weighted by atomic mass is 35.5. The Bertz CT molecular complexity index is 1020. The maximum Gasteiger partial charge on any atom is 0.295 e. The second-order valence-corrected chi connectivity index (χ2v) is 8.40. The molecule has 0 aliphatic carbocycles. The Kier molecular flexibility index (Phi) is 7.29. The van der Waals surface area contributed by atoms with E-state index in [1.807, 2.05) is 31.2 Å². The van der Waals surface area contributed by atoms with Crippen molar-refractivity contribution in [2.45, 2.75) is 39.2 Å². The molecule has 0 bridgehead atoms. The van der Waals surface area contributed by atoms with Gasteiger partial charge in [-0.25, -0.2) is 0 Å². The van der Waals surface area contributed by atoms with Crippen molar-refractivity contribution < 1.29 is 19.4 Å². The zero-order chi connectivity index (χ0) is 22.7. The molecule has 1 N–H and O–H groups in total. The molecular weight excluding hydrogens is 437 g/mol. The highest BCUT2D eigenvalue weighted by molar-refractivity contribution is 6.46. The first-order chi connectivity index (χ1) is 14.8. The SMILES string of the molecule is CCCCCN1C(=O)C(=O)/C(=C(/O)c2cc(Cl)c(OC)c(Cl)c2)C1c1cccc(C)c1. The number of nitrogens with zero attached hydrogens (tertiary/aromatic N) is 1. The summed E-state index contributed by atoms with van der Waals surface area (Å²) < 4.78 is 5.16. The van der Waals surface area contributed by atoms with Gasteiger partial charge in [0.05, 0.1) is 28.8 Å². The molecule has 164 valence electrons. The summed E-state index contributed by atoms with van der Waals surface area (Å²) in [5.41, 5.74) is 2.04. The lowest BCUT2D eigenvalue weighted by atomic mass is 9.94. The van der Waals surface area contributed by atoms with Crippen LogP contribution in [0.1, 0.15) is 48.9 Å². The van der Waals surface area contributed by atoms with Gasteiger partial charge in [-0.3, -0.25) is 9.59 Å². The number of hydrogen-bond acceptors (Lipinski definition) is 4. The third-order valence-electron chi connectivity index (χ3n) is 5.38. The maximum atomic E-state index is 13.0. The Morgan fingerprint density at radius 1 is 1.13 bits per heavy atom. The van der Waals surface area contributed by atoms with Crippen LogP contribution < -0.4 is 4.74 Å². The van der Waals surface area contributed by atoms with Gasteiger partial charge in [0.2, 0.25) is 0 Å². The average molecular weight is 462 g/mol. The minimum Gasteiger partial charge on any atom is -0.507 e. The molecule has 5 nitrogen and oxygen atoms in total. The number of ketones is 1. The lowest BCUT2D eigenvalue weighted by Gasteiger charge is -2.25. The molecule has 1 fully saturated rings.